The number of rotatable bonds is 6. The molecule has 0 amide bonds. The largest absolute Gasteiger partial charge is 0.360 e. The van der Waals surface area contributed by atoms with Crippen molar-refractivity contribution in [2.24, 2.45) is 5.92 Å². The second-order valence-electron chi connectivity index (χ2n) is 6.77. The molecule has 1 aromatic heterocycles. The summed E-state index contributed by atoms with van der Waals surface area (Å²) in [5, 5.41) is 3.20. The van der Waals surface area contributed by atoms with Gasteiger partial charge in [-0.3, -0.25) is 4.79 Å². The minimum Gasteiger partial charge on any atom is -0.360 e. The van der Waals surface area contributed by atoms with Crippen molar-refractivity contribution in [1.82, 2.24) is 4.98 Å². The predicted octanol–water partition coefficient (Wildman–Crippen LogP) is 3.70. The predicted molar refractivity (Wildman–Crippen MR) is 98.0 cm³/mol. The van der Waals surface area contributed by atoms with Crippen molar-refractivity contribution in [1.29, 1.82) is 0 Å². The summed E-state index contributed by atoms with van der Waals surface area (Å²) >= 11 is 0. The van der Waals surface area contributed by atoms with Crippen molar-refractivity contribution in [2.45, 2.75) is 32.9 Å². The molecular weight excluding hydrogens is 296 g/mol. The lowest BCUT2D eigenvalue weighted by molar-refractivity contribution is -0.718. The van der Waals surface area contributed by atoms with E-state index in [0.29, 0.717) is 5.92 Å². The van der Waals surface area contributed by atoms with Crippen LogP contribution in [0, 0.1) is 5.92 Å². The highest BCUT2D eigenvalue weighted by Gasteiger charge is 2.27. The summed E-state index contributed by atoms with van der Waals surface area (Å²) in [6, 6.07) is 18.5. The Bertz CT molecular complexity index is 820. The molecule has 124 valence electrons. The molecule has 0 spiro atoms. The van der Waals surface area contributed by atoms with E-state index in [1.54, 1.807) is 0 Å². The second-order valence-corrected chi connectivity index (χ2v) is 6.77. The van der Waals surface area contributed by atoms with E-state index < -0.39 is 0 Å². The number of hydrogen-bond acceptors (Lipinski definition) is 1. The average molecular weight is 321 g/mol. The lowest BCUT2D eigenvalue weighted by Crippen LogP contribution is -2.92. The van der Waals surface area contributed by atoms with Gasteiger partial charge >= 0.3 is 0 Å². The first kappa shape index (κ1) is 16.5. The van der Waals surface area contributed by atoms with Crippen molar-refractivity contribution in [2.75, 3.05) is 0 Å². The topological polar surface area (TPSA) is 49.5 Å². The Morgan fingerprint density at radius 1 is 0.958 bits per heavy atom. The molecule has 3 nitrogen and oxygen atoms in total. The van der Waals surface area contributed by atoms with Gasteiger partial charge in [0.25, 0.3) is 0 Å². The third-order valence-electron chi connectivity index (χ3n) is 4.67. The molecule has 3 rings (SSSR count). The van der Waals surface area contributed by atoms with Crippen LogP contribution in [-0.4, -0.2) is 16.8 Å². The first-order valence-corrected chi connectivity index (χ1v) is 8.58. The van der Waals surface area contributed by atoms with Gasteiger partial charge in [-0.25, -0.2) is 0 Å². The van der Waals surface area contributed by atoms with Gasteiger partial charge in [-0.1, -0.05) is 62.4 Å². The quantitative estimate of drug-likeness (QED) is 0.668. The van der Waals surface area contributed by atoms with E-state index in [2.05, 4.69) is 48.4 Å². The van der Waals surface area contributed by atoms with E-state index in [1.165, 1.54) is 5.56 Å². The zero-order chi connectivity index (χ0) is 17.1. The Labute approximate surface area is 143 Å². The van der Waals surface area contributed by atoms with Crippen LogP contribution in [0.3, 0.4) is 0 Å². The first-order valence-electron chi connectivity index (χ1n) is 8.58. The Morgan fingerprint density at radius 3 is 2.33 bits per heavy atom. The monoisotopic (exact) mass is 321 g/mol. The summed E-state index contributed by atoms with van der Waals surface area (Å²) in [7, 11) is 0. The molecule has 3 N–H and O–H groups in total. The van der Waals surface area contributed by atoms with Crippen molar-refractivity contribution in [3.8, 4) is 0 Å². The Balaban J connectivity index is 1.82. The zero-order valence-electron chi connectivity index (χ0n) is 14.5. The number of H-pyrrole nitrogens is 1. The van der Waals surface area contributed by atoms with Crippen LogP contribution in [0.1, 0.15) is 42.7 Å². The number of aromatic nitrogens is 1. The zero-order valence-corrected chi connectivity index (χ0v) is 14.5. The van der Waals surface area contributed by atoms with E-state index in [-0.39, 0.29) is 17.9 Å². The maximum atomic E-state index is 13.0. The number of ketones is 1. The van der Waals surface area contributed by atoms with Gasteiger partial charge in [0, 0.05) is 34.1 Å². The van der Waals surface area contributed by atoms with Gasteiger partial charge in [0.15, 0.2) is 0 Å². The number of carbonyl (C=O) groups is 1. The van der Waals surface area contributed by atoms with Crippen LogP contribution < -0.4 is 5.32 Å². The SMILES string of the molecule is CC(C)[C@H]([NH2+][C@@H](C)C(=O)c1c[nH]c2ccccc12)c1ccccc1. The first-order chi connectivity index (χ1) is 11.6. The van der Waals surface area contributed by atoms with E-state index in [1.807, 2.05) is 43.5 Å². The fourth-order valence-corrected chi connectivity index (χ4v) is 3.31. The smallest absolute Gasteiger partial charge is 0.221 e. The third kappa shape index (κ3) is 3.26. The number of quaternary nitrogens is 1. The van der Waals surface area contributed by atoms with Gasteiger partial charge < -0.3 is 10.3 Å². The second kappa shape index (κ2) is 7.02. The molecule has 0 aliphatic carbocycles. The summed E-state index contributed by atoms with van der Waals surface area (Å²) in [5.74, 6) is 0.625. The molecule has 24 heavy (non-hydrogen) atoms. The molecule has 1 heterocycles. The fraction of sp³-hybridized carbons (Fsp3) is 0.286. The maximum Gasteiger partial charge on any atom is 0.221 e. The fourth-order valence-electron chi connectivity index (χ4n) is 3.31. The highest BCUT2D eigenvalue weighted by molar-refractivity contribution is 6.09. The van der Waals surface area contributed by atoms with Crippen molar-refractivity contribution < 1.29 is 10.1 Å². The summed E-state index contributed by atoms with van der Waals surface area (Å²) in [5.41, 5.74) is 3.06. The standard InChI is InChI=1S/C21H24N2O/c1-14(2)20(16-9-5-4-6-10-16)23-15(3)21(24)18-13-22-19-12-8-7-11-17(18)19/h4-15,20,22-23H,1-3H3/p+1/t15-,20-/m0/s1. The molecule has 0 bridgehead atoms. The molecule has 0 saturated carbocycles. The van der Waals surface area contributed by atoms with Gasteiger partial charge in [-0.2, -0.15) is 0 Å². The Morgan fingerprint density at radius 2 is 1.62 bits per heavy atom. The number of Topliss-reactive ketones (excluding diaryl/α,β-unsaturated/α-hetero) is 1. The number of carbonyl (C=O) groups excluding carboxylic acids is 1. The van der Waals surface area contributed by atoms with Gasteiger partial charge in [-0.05, 0) is 13.0 Å². The third-order valence-corrected chi connectivity index (χ3v) is 4.67. The van der Waals surface area contributed by atoms with E-state index in [0.717, 1.165) is 16.5 Å². The highest BCUT2D eigenvalue weighted by Crippen LogP contribution is 2.20. The summed E-state index contributed by atoms with van der Waals surface area (Å²) in [6.07, 6.45) is 1.84. The van der Waals surface area contributed by atoms with Crippen LogP contribution in [0.15, 0.2) is 60.8 Å². The lowest BCUT2D eigenvalue weighted by Gasteiger charge is -2.23. The molecule has 2 aromatic carbocycles. The number of hydrogen-bond donors (Lipinski definition) is 2. The molecule has 3 aromatic rings. The van der Waals surface area contributed by atoms with Gasteiger partial charge in [0.2, 0.25) is 5.78 Å². The Kier molecular flexibility index (Phi) is 4.81. The van der Waals surface area contributed by atoms with Gasteiger partial charge in [0.05, 0.1) is 0 Å². The number of benzene rings is 2. The van der Waals surface area contributed by atoms with Crippen LogP contribution in [0.25, 0.3) is 10.9 Å². The van der Waals surface area contributed by atoms with Crippen LogP contribution in [0.2, 0.25) is 0 Å². The number of para-hydroxylation sites is 1. The minimum atomic E-state index is -0.128. The van der Waals surface area contributed by atoms with E-state index >= 15 is 0 Å². The molecule has 0 unspecified atom stereocenters. The van der Waals surface area contributed by atoms with Gasteiger partial charge in [0.1, 0.15) is 12.1 Å². The molecule has 0 saturated heterocycles. The van der Waals surface area contributed by atoms with Crippen molar-refractivity contribution in [3.05, 3.63) is 71.9 Å². The summed E-state index contributed by atoms with van der Waals surface area (Å²) < 4.78 is 0. The van der Waals surface area contributed by atoms with Crippen LogP contribution in [0.5, 0.6) is 0 Å². The van der Waals surface area contributed by atoms with Crippen LogP contribution in [-0.2, 0) is 0 Å². The normalized spacial score (nSPS) is 14.0. The maximum absolute atomic E-state index is 13.0. The number of nitrogens with two attached hydrogens (primary N) is 1. The summed E-state index contributed by atoms with van der Waals surface area (Å²) in [6.45, 7) is 6.41. The van der Waals surface area contributed by atoms with Crippen molar-refractivity contribution >= 4 is 16.7 Å². The molecule has 0 fully saturated rings. The van der Waals surface area contributed by atoms with Gasteiger partial charge in [-0.15, -0.1) is 0 Å². The lowest BCUT2D eigenvalue weighted by atomic mass is 9.94. The number of nitrogens with one attached hydrogen (secondary N) is 1. The highest BCUT2D eigenvalue weighted by atomic mass is 16.1. The average Bonchev–Trinajstić information content (AvgIpc) is 3.03. The summed E-state index contributed by atoms with van der Waals surface area (Å²) in [4.78, 5) is 16.2. The van der Waals surface area contributed by atoms with Crippen LogP contribution >= 0.6 is 0 Å². The van der Waals surface area contributed by atoms with Crippen LogP contribution in [0.4, 0.5) is 0 Å². The molecule has 0 aliphatic rings. The van der Waals surface area contributed by atoms with E-state index in [9.17, 15) is 4.79 Å². The Hall–Kier alpha value is -2.39. The minimum absolute atomic E-state index is 0.128. The number of aromatic amines is 1. The van der Waals surface area contributed by atoms with E-state index in [4.69, 9.17) is 0 Å². The molecule has 0 aliphatic heterocycles. The molecule has 0 radical (unpaired) electrons. The molecular formula is C21H25N2O+. The van der Waals surface area contributed by atoms with Crippen molar-refractivity contribution in [3.63, 3.8) is 0 Å². The number of fused-ring (bicyclic) bond motifs is 1. The molecule has 3 heteroatoms. The molecule has 2 atom stereocenters.